The normalized spacial score (nSPS) is 15.8. The summed E-state index contributed by atoms with van der Waals surface area (Å²) in [5.41, 5.74) is 2.88. The first kappa shape index (κ1) is 54.3. The van der Waals surface area contributed by atoms with Crippen LogP contribution in [0.5, 0.6) is 11.5 Å². The number of alkyl halides is 3. The van der Waals surface area contributed by atoms with E-state index in [1.165, 1.54) is 41.9 Å². The van der Waals surface area contributed by atoms with Gasteiger partial charge >= 0.3 is 6.36 Å². The molecule has 3 amide bonds. The maximum atomic E-state index is 14.1. The van der Waals surface area contributed by atoms with Crippen molar-refractivity contribution < 1.29 is 56.0 Å². The third kappa shape index (κ3) is 16.2. The lowest BCUT2D eigenvalue weighted by Crippen LogP contribution is -2.55. The highest BCUT2D eigenvalue weighted by Gasteiger charge is 2.40. The van der Waals surface area contributed by atoms with Gasteiger partial charge in [-0.3, -0.25) is 19.2 Å². The summed E-state index contributed by atoms with van der Waals surface area (Å²) >= 11 is 1.38. The minimum atomic E-state index is -4.78. The molecule has 1 aliphatic carbocycles. The molecular formula is C52H61F3N8O9S. The summed E-state index contributed by atoms with van der Waals surface area (Å²) < 4.78 is 64.0. The average Bonchev–Trinajstić information content (AvgIpc) is 4.11. The van der Waals surface area contributed by atoms with E-state index in [2.05, 4.69) is 36.0 Å². The Kier molecular flexibility index (Phi) is 20.0. The molecule has 3 aromatic carbocycles. The number of likely N-dealkylation sites (tertiary alicyclic amines) is 1. The van der Waals surface area contributed by atoms with Gasteiger partial charge in [0.2, 0.25) is 17.6 Å². The molecule has 21 heteroatoms. The minimum Gasteiger partial charge on any atom is -0.491 e. The summed E-state index contributed by atoms with van der Waals surface area (Å²) in [5, 5.41) is 14.4. The molecule has 2 fully saturated rings. The Labute approximate surface area is 425 Å². The zero-order valence-corrected chi connectivity index (χ0v) is 41.6. The van der Waals surface area contributed by atoms with Crippen LogP contribution in [0.4, 0.5) is 24.7 Å². The summed E-state index contributed by atoms with van der Waals surface area (Å²) in [5.74, 6) is -0.0386. The first-order chi connectivity index (χ1) is 35.3. The van der Waals surface area contributed by atoms with Crippen molar-refractivity contribution in [3.8, 4) is 22.8 Å². The molecule has 2 aliphatic rings. The van der Waals surface area contributed by atoms with Gasteiger partial charge < -0.3 is 49.9 Å². The van der Waals surface area contributed by atoms with E-state index < -0.39 is 18.4 Å². The number of nitrogens with one attached hydrogen (secondary N) is 4. The number of benzene rings is 3. The third-order valence-electron chi connectivity index (χ3n) is 12.4. The topological polar surface area (TPSA) is 204 Å². The molecule has 2 aromatic heterocycles. The van der Waals surface area contributed by atoms with E-state index in [1.54, 1.807) is 73.9 Å². The van der Waals surface area contributed by atoms with Crippen LogP contribution >= 0.6 is 11.3 Å². The monoisotopic (exact) mass is 1030 g/mol. The van der Waals surface area contributed by atoms with Crippen molar-refractivity contribution in [1.82, 2.24) is 35.8 Å². The van der Waals surface area contributed by atoms with Gasteiger partial charge in [0.1, 0.15) is 47.0 Å². The van der Waals surface area contributed by atoms with Crippen LogP contribution in [0.15, 0.2) is 90.6 Å². The zero-order valence-electron chi connectivity index (χ0n) is 40.8. The molecule has 3 atom stereocenters. The second-order valence-corrected chi connectivity index (χ2v) is 18.4. The standard InChI is InChI=1S/C52H61F3N8O9S/c1-34(56-2)48(65)62-46(35-8-4-3-5-9-35)51(67)63-22-7-12-44(63)50-61-43(32-73-50)47(64)36-13-17-40(18-14-36)71-29-28-70-27-26-69-25-24-68-23-21-57-49(66)38-11-6-10-37(30-38)42-31-45(59-33-58-42)60-39-15-19-41(20-16-39)72-52(53,54)55/h6,10-11,13-20,30-35,44,46,56H,3-5,7-9,12,21-29H2,1-2H3,(H,57,66)(H,62,65)(H,58,59,60)/t34-,44-,46-/m0/s1. The second kappa shape index (κ2) is 27.0. The van der Waals surface area contributed by atoms with Gasteiger partial charge in [-0.2, -0.15) is 0 Å². The Bertz CT molecular complexity index is 2580. The van der Waals surface area contributed by atoms with Gasteiger partial charge in [0.25, 0.3) is 5.91 Å². The lowest BCUT2D eigenvalue weighted by atomic mass is 9.83. The summed E-state index contributed by atoms with van der Waals surface area (Å²) in [6, 6.07) is 19.4. The van der Waals surface area contributed by atoms with Crippen LogP contribution in [0, 0.1) is 5.92 Å². The van der Waals surface area contributed by atoms with Gasteiger partial charge in [0.15, 0.2) is 0 Å². The van der Waals surface area contributed by atoms with Gasteiger partial charge in [-0.05, 0) is 106 Å². The van der Waals surface area contributed by atoms with E-state index in [0.717, 1.165) is 50.0 Å². The molecule has 1 saturated heterocycles. The van der Waals surface area contributed by atoms with Gasteiger partial charge in [-0.1, -0.05) is 31.4 Å². The summed E-state index contributed by atoms with van der Waals surface area (Å²) in [4.78, 5) is 68.5. The Hall–Kier alpha value is -6.52. The average molecular weight is 1030 g/mol. The maximum absolute atomic E-state index is 14.1. The Morgan fingerprint density at radius 1 is 0.795 bits per heavy atom. The van der Waals surface area contributed by atoms with Crippen molar-refractivity contribution in [2.24, 2.45) is 5.92 Å². The Morgan fingerprint density at radius 3 is 2.21 bits per heavy atom. The van der Waals surface area contributed by atoms with Crippen LogP contribution < -0.4 is 30.7 Å². The number of carbonyl (C=O) groups is 4. The van der Waals surface area contributed by atoms with Crippen molar-refractivity contribution in [2.75, 3.05) is 71.7 Å². The fourth-order valence-corrected chi connectivity index (χ4v) is 9.45. The zero-order chi connectivity index (χ0) is 51.6. The molecule has 4 N–H and O–H groups in total. The number of hydrogen-bond donors (Lipinski definition) is 4. The molecule has 7 rings (SSSR count). The number of nitrogens with zero attached hydrogens (tertiary/aromatic N) is 4. The Morgan fingerprint density at radius 2 is 1.49 bits per heavy atom. The lowest BCUT2D eigenvalue weighted by molar-refractivity contribution is -0.274. The summed E-state index contributed by atoms with van der Waals surface area (Å²) in [7, 11) is 1.73. The molecular weight excluding hydrogens is 970 g/mol. The summed E-state index contributed by atoms with van der Waals surface area (Å²) in [6.45, 7) is 4.92. The molecule has 1 aliphatic heterocycles. The predicted octanol–water partition coefficient (Wildman–Crippen LogP) is 7.67. The highest BCUT2D eigenvalue weighted by atomic mass is 32.1. The number of ketones is 1. The molecule has 0 spiro atoms. The molecule has 0 radical (unpaired) electrons. The molecule has 390 valence electrons. The number of thiazole rings is 1. The third-order valence-corrected chi connectivity index (χ3v) is 13.4. The second-order valence-electron chi connectivity index (χ2n) is 17.5. The van der Waals surface area contributed by atoms with E-state index >= 15 is 0 Å². The number of anilines is 2. The Balaban J connectivity index is 0.741. The van der Waals surface area contributed by atoms with Gasteiger partial charge in [-0.25, -0.2) is 15.0 Å². The van der Waals surface area contributed by atoms with Crippen LogP contribution in [0.3, 0.4) is 0 Å². The number of likely N-dealkylation sites (N-methyl/N-ethyl adjacent to an activating group) is 1. The largest absolute Gasteiger partial charge is 0.573 e. The molecule has 3 heterocycles. The van der Waals surface area contributed by atoms with Crippen molar-refractivity contribution in [3.05, 3.63) is 112 Å². The number of halogens is 3. The highest BCUT2D eigenvalue weighted by molar-refractivity contribution is 7.10. The smallest absolute Gasteiger partial charge is 0.491 e. The first-order valence-electron chi connectivity index (χ1n) is 24.4. The summed E-state index contributed by atoms with van der Waals surface area (Å²) in [6.07, 6.45) is 3.15. The van der Waals surface area contributed by atoms with E-state index in [-0.39, 0.29) is 54.4 Å². The van der Waals surface area contributed by atoms with Gasteiger partial charge in [-0.15, -0.1) is 24.5 Å². The fraction of sp³-hybridized carbons (Fsp3) is 0.442. The van der Waals surface area contributed by atoms with E-state index in [9.17, 15) is 32.3 Å². The number of rotatable bonds is 26. The lowest BCUT2D eigenvalue weighted by Gasteiger charge is -2.35. The van der Waals surface area contributed by atoms with Crippen molar-refractivity contribution in [2.45, 2.75) is 76.4 Å². The van der Waals surface area contributed by atoms with E-state index in [1.807, 2.05) is 4.90 Å². The van der Waals surface area contributed by atoms with Crippen LogP contribution in [0.1, 0.15) is 89.3 Å². The number of amides is 3. The number of ether oxygens (including phenoxy) is 5. The number of aromatic nitrogens is 3. The van der Waals surface area contributed by atoms with Crippen molar-refractivity contribution in [1.29, 1.82) is 0 Å². The highest BCUT2D eigenvalue weighted by Crippen LogP contribution is 2.37. The SMILES string of the molecule is CN[C@@H](C)C(=O)N[C@H](C(=O)N1CCC[C@H]1c1nc(C(=O)c2ccc(OCCOCCOCCOCCNC(=O)c3cccc(-c4cc(Nc5ccc(OC(F)(F)F)cc5)ncn4)c3)cc2)cs1)C1CCCCC1. The predicted molar refractivity (Wildman–Crippen MR) is 267 cm³/mol. The van der Waals surface area contributed by atoms with Gasteiger partial charge in [0, 0.05) is 46.9 Å². The first-order valence-corrected chi connectivity index (χ1v) is 25.3. The van der Waals surface area contributed by atoms with Crippen LogP contribution in [-0.4, -0.2) is 128 Å². The van der Waals surface area contributed by atoms with Gasteiger partial charge in [0.05, 0.1) is 57.4 Å². The van der Waals surface area contributed by atoms with Crippen LogP contribution in [0.2, 0.25) is 0 Å². The van der Waals surface area contributed by atoms with Crippen molar-refractivity contribution >= 4 is 46.3 Å². The molecule has 0 unspecified atom stereocenters. The molecule has 73 heavy (non-hydrogen) atoms. The van der Waals surface area contributed by atoms with E-state index in [0.29, 0.717) is 91.5 Å². The quantitative estimate of drug-likeness (QED) is 0.0310. The van der Waals surface area contributed by atoms with Crippen LogP contribution in [0.25, 0.3) is 11.3 Å². The minimum absolute atomic E-state index is 0.0699. The fourth-order valence-electron chi connectivity index (χ4n) is 8.51. The van der Waals surface area contributed by atoms with E-state index in [4.69, 9.17) is 23.9 Å². The number of carbonyl (C=O) groups excluding carboxylic acids is 4. The molecule has 0 bridgehead atoms. The maximum Gasteiger partial charge on any atom is 0.573 e. The molecule has 5 aromatic rings. The molecule has 1 saturated carbocycles. The van der Waals surface area contributed by atoms with Crippen molar-refractivity contribution in [3.63, 3.8) is 0 Å². The van der Waals surface area contributed by atoms with Crippen LogP contribution in [-0.2, 0) is 23.8 Å². The number of hydrogen-bond acceptors (Lipinski definition) is 15. The molecule has 17 nitrogen and oxygen atoms in total.